The molecule has 0 saturated carbocycles. The van der Waals surface area contributed by atoms with Gasteiger partial charge in [0.25, 0.3) is 0 Å². The highest BCUT2D eigenvalue weighted by Crippen LogP contribution is 2.06. The van der Waals surface area contributed by atoms with E-state index in [9.17, 15) is 0 Å². The van der Waals surface area contributed by atoms with Crippen LogP contribution in [0.3, 0.4) is 0 Å². The van der Waals surface area contributed by atoms with Crippen molar-refractivity contribution >= 4 is 0 Å². The lowest BCUT2D eigenvalue weighted by atomic mass is 10.2. The van der Waals surface area contributed by atoms with Gasteiger partial charge in [0.2, 0.25) is 0 Å². The van der Waals surface area contributed by atoms with Gasteiger partial charge in [-0.25, -0.2) is 0 Å². The summed E-state index contributed by atoms with van der Waals surface area (Å²) in [5.74, 6) is 0. The van der Waals surface area contributed by atoms with Crippen LogP contribution in [0.1, 0.15) is 6.42 Å². The quantitative estimate of drug-likeness (QED) is 0.590. The fourth-order valence-corrected chi connectivity index (χ4v) is 1.40. The summed E-state index contributed by atoms with van der Waals surface area (Å²) in [6.07, 6.45) is 1.20. The van der Waals surface area contributed by atoms with Crippen LogP contribution in [0.15, 0.2) is 12.3 Å². The molecule has 0 aromatic heterocycles. The maximum atomic E-state index is 5.41. The van der Waals surface area contributed by atoms with E-state index >= 15 is 0 Å². The van der Waals surface area contributed by atoms with Gasteiger partial charge in [0.05, 0.1) is 0 Å². The van der Waals surface area contributed by atoms with E-state index in [0.29, 0.717) is 12.6 Å². The Labute approximate surface area is 68.2 Å². The largest absolute Gasteiger partial charge is 0.384 e. The van der Waals surface area contributed by atoms with E-state index in [-0.39, 0.29) is 0 Å². The summed E-state index contributed by atoms with van der Waals surface area (Å²) in [7, 11) is 2.13. The summed E-state index contributed by atoms with van der Waals surface area (Å²) in [6, 6.07) is 0.566. The highest BCUT2D eigenvalue weighted by Gasteiger charge is 2.18. The zero-order chi connectivity index (χ0) is 8.27. The van der Waals surface area contributed by atoms with E-state index < -0.39 is 0 Å². The third-order valence-electron chi connectivity index (χ3n) is 2.05. The van der Waals surface area contributed by atoms with Crippen LogP contribution < -0.4 is 11.1 Å². The number of hydrogen-bond donors (Lipinski definition) is 2. The summed E-state index contributed by atoms with van der Waals surface area (Å²) in [6.45, 7) is 6.64. The number of nitrogens with zero attached hydrogens (tertiary/aromatic N) is 1. The Kier molecular flexibility index (Phi) is 2.91. The molecule has 1 aliphatic heterocycles. The van der Waals surface area contributed by atoms with Crippen molar-refractivity contribution in [3.05, 3.63) is 12.3 Å². The van der Waals surface area contributed by atoms with Crippen LogP contribution in [-0.4, -0.2) is 37.6 Å². The molecule has 3 N–H and O–H groups in total. The highest BCUT2D eigenvalue weighted by atomic mass is 15.2. The molecular weight excluding hydrogens is 138 g/mol. The van der Waals surface area contributed by atoms with Gasteiger partial charge in [-0.15, -0.1) is 0 Å². The molecule has 0 spiro atoms. The van der Waals surface area contributed by atoms with Crippen molar-refractivity contribution in [3.63, 3.8) is 0 Å². The van der Waals surface area contributed by atoms with Crippen molar-refractivity contribution in [1.82, 2.24) is 10.2 Å². The minimum absolute atomic E-state index is 0.542. The van der Waals surface area contributed by atoms with Crippen molar-refractivity contribution < 1.29 is 0 Å². The van der Waals surface area contributed by atoms with Gasteiger partial charge in [0.1, 0.15) is 0 Å². The first-order chi connectivity index (χ1) is 5.22. The van der Waals surface area contributed by atoms with Gasteiger partial charge in [-0.05, 0) is 20.0 Å². The van der Waals surface area contributed by atoms with Crippen LogP contribution in [0, 0.1) is 0 Å². The molecule has 0 aliphatic carbocycles. The minimum atomic E-state index is 0.542. The molecular formula is C8H17N3. The molecule has 11 heavy (non-hydrogen) atoms. The lowest BCUT2D eigenvalue weighted by Gasteiger charge is -2.14. The van der Waals surface area contributed by atoms with Gasteiger partial charge in [-0.3, -0.25) is 0 Å². The fourth-order valence-electron chi connectivity index (χ4n) is 1.40. The van der Waals surface area contributed by atoms with E-state index in [1.165, 1.54) is 13.0 Å². The van der Waals surface area contributed by atoms with Crippen LogP contribution in [0.25, 0.3) is 0 Å². The first-order valence-electron chi connectivity index (χ1n) is 4.05. The maximum absolute atomic E-state index is 5.41. The Balaban J connectivity index is 2.23. The van der Waals surface area contributed by atoms with Crippen LogP contribution in [0.5, 0.6) is 0 Å². The number of nitrogens with one attached hydrogen (secondary N) is 1. The van der Waals surface area contributed by atoms with Crippen molar-refractivity contribution in [2.45, 2.75) is 12.5 Å². The van der Waals surface area contributed by atoms with E-state index in [2.05, 4.69) is 23.8 Å². The Bertz CT molecular complexity index is 144. The molecule has 0 aromatic rings. The van der Waals surface area contributed by atoms with Crippen LogP contribution >= 0.6 is 0 Å². The number of likely N-dealkylation sites (N-methyl/N-ethyl adjacent to an activating group) is 1. The zero-order valence-electron chi connectivity index (χ0n) is 7.14. The average molecular weight is 155 g/mol. The SMILES string of the molecule is C=C(CN)NC1CCN(C)C1. The second kappa shape index (κ2) is 3.74. The normalized spacial score (nSPS) is 25.5. The Morgan fingerprint density at radius 1 is 1.82 bits per heavy atom. The molecule has 0 amide bonds. The van der Waals surface area contributed by atoms with Gasteiger partial charge in [-0.1, -0.05) is 6.58 Å². The van der Waals surface area contributed by atoms with Gasteiger partial charge in [-0.2, -0.15) is 0 Å². The highest BCUT2D eigenvalue weighted by molar-refractivity contribution is 4.97. The average Bonchev–Trinajstić information content (AvgIpc) is 2.35. The maximum Gasteiger partial charge on any atom is 0.0397 e. The molecule has 1 aliphatic rings. The molecule has 0 aromatic carbocycles. The lowest BCUT2D eigenvalue weighted by molar-refractivity contribution is 0.404. The monoisotopic (exact) mass is 155 g/mol. The zero-order valence-corrected chi connectivity index (χ0v) is 7.14. The van der Waals surface area contributed by atoms with Gasteiger partial charge < -0.3 is 16.0 Å². The van der Waals surface area contributed by atoms with E-state index in [0.717, 1.165) is 12.2 Å². The molecule has 3 nitrogen and oxygen atoms in total. The Morgan fingerprint density at radius 3 is 3.00 bits per heavy atom. The van der Waals surface area contributed by atoms with E-state index in [1.807, 2.05) is 0 Å². The third-order valence-corrected chi connectivity index (χ3v) is 2.05. The molecule has 64 valence electrons. The molecule has 3 heteroatoms. The molecule has 1 saturated heterocycles. The first kappa shape index (κ1) is 8.56. The summed E-state index contributed by atoms with van der Waals surface area (Å²) >= 11 is 0. The third kappa shape index (κ3) is 2.52. The number of nitrogens with two attached hydrogens (primary N) is 1. The van der Waals surface area contributed by atoms with Crippen molar-refractivity contribution in [1.29, 1.82) is 0 Å². The van der Waals surface area contributed by atoms with Gasteiger partial charge >= 0.3 is 0 Å². The molecule has 1 unspecified atom stereocenters. The molecule has 0 radical (unpaired) electrons. The standard InChI is InChI=1S/C8H17N3/c1-7(5-9)10-8-3-4-11(2)6-8/h8,10H,1,3-6,9H2,2H3. The summed E-state index contributed by atoms with van der Waals surface area (Å²) in [5, 5.41) is 3.30. The Morgan fingerprint density at radius 2 is 2.55 bits per heavy atom. The second-order valence-electron chi connectivity index (χ2n) is 3.20. The number of likely N-dealkylation sites (tertiary alicyclic amines) is 1. The smallest absolute Gasteiger partial charge is 0.0397 e. The topological polar surface area (TPSA) is 41.3 Å². The van der Waals surface area contributed by atoms with Crippen molar-refractivity contribution in [2.24, 2.45) is 5.73 Å². The van der Waals surface area contributed by atoms with E-state index in [1.54, 1.807) is 0 Å². The molecule has 1 atom stereocenters. The Hall–Kier alpha value is -0.540. The predicted octanol–water partition coefficient (Wildman–Crippen LogP) is -0.247. The van der Waals surface area contributed by atoms with Crippen LogP contribution in [0.4, 0.5) is 0 Å². The second-order valence-corrected chi connectivity index (χ2v) is 3.20. The molecule has 0 bridgehead atoms. The molecule has 1 rings (SSSR count). The van der Waals surface area contributed by atoms with Crippen molar-refractivity contribution in [2.75, 3.05) is 26.7 Å². The van der Waals surface area contributed by atoms with Gasteiger partial charge in [0, 0.05) is 24.8 Å². The molecule has 1 fully saturated rings. The van der Waals surface area contributed by atoms with Crippen molar-refractivity contribution in [3.8, 4) is 0 Å². The molecule has 1 heterocycles. The fraction of sp³-hybridized carbons (Fsp3) is 0.750. The van der Waals surface area contributed by atoms with Crippen LogP contribution in [-0.2, 0) is 0 Å². The number of rotatable bonds is 3. The summed E-state index contributed by atoms with van der Waals surface area (Å²) in [5.41, 5.74) is 6.36. The minimum Gasteiger partial charge on any atom is -0.384 e. The summed E-state index contributed by atoms with van der Waals surface area (Å²) in [4.78, 5) is 2.31. The summed E-state index contributed by atoms with van der Waals surface area (Å²) < 4.78 is 0. The predicted molar refractivity (Wildman–Crippen MR) is 47.2 cm³/mol. The van der Waals surface area contributed by atoms with E-state index in [4.69, 9.17) is 5.73 Å². The lowest BCUT2D eigenvalue weighted by Crippen LogP contribution is -2.32. The van der Waals surface area contributed by atoms with Crippen LogP contribution in [0.2, 0.25) is 0 Å². The number of hydrogen-bond acceptors (Lipinski definition) is 3. The first-order valence-corrected chi connectivity index (χ1v) is 4.05. The van der Waals surface area contributed by atoms with Gasteiger partial charge in [0.15, 0.2) is 0 Å².